The lowest BCUT2D eigenvalue weighted by Gasteiger charge is -2.22. The van der Waals surface area contributed by atoms with Crippen LogP contribution in [0, 0.1) is 0 Å². The van der Waals surface area contributed by atoms with Crippen molar-refractivity contribution in [3.63, 3.8) is 0 Å². The molecule has 0 aromatic carbocycles. The van der Waals surface area contributed by atoms with E-state index in [0.717, 1.165) is 0 Å². The van der Waals surface area contributed by atoms with Gasteiger partial charge < -0.3 is 10.5 Å². The Balaban J connectivity index is 2.59. The predicted molar refractivity (Wildman–Crippen MR) is 41.6 cm³/mol. The second-order valence-electron chi connectivity index (χ2n) is 3.20. The summed E-state index contributed by atoms with van der Waals surface area (Å²) < 4.78 is 38.8. The lowest BCUT2D eigenvalue weighted by Crippen LogP contribution is -2.34. The van der Waals surface area contributed by atoms with Gasteiger partial charge in [-0.25, -0.2) is 0 Å². The predicted octanol–water partition coefficient (Wildman–Crippen LogP) is 2.08. The third-order valence-corrected chi connectivity index (χ3v) is 1.60. The maximum absolute atomic E-state index is 11.7. The molecule has 0 saturated carbocycles. The molecule has 0 aromatic heterocycles. The Bertz CT molecular complexity index is 253. The molecule has 1 unspecified atom stereocenters. The van der Waals surface area contributed by atoms with Gasteiger partial charge in [-0.1, -0.05) is 6.08 Å². The van der Waals surface area contributed by atoms with Crippen LogP contribution in [0.1, 0.15) is 13.3 Å². The summed E-state index contributed by atoms with van der Waals surface area (Å²) in [5.41, 5.74) is 5.06. The fourth-order valence-electron chi connectivity index (χ4n) is 0.938. The smallest absolute Gasteiger partial charge is 0.406 e. The molecule has 2 nitrogen and oxygen atoms in total. The molecule has 1 aliphatic carbocycles. The third-order valence-electron chi connectivity index (χ3n) is 1.60. The van der Waals surface area contributed by atoms with Crippen molar-refractivity contribution in [2.45, 2.75) is 25.2 Å². The SMILES string of the molecule is CC1(N)C=CC(OC(F)(F)F)=CC1. The first kappa shape index (κ1) is 10.1. The first-order valence-electron chi connectivity index (χ1n) is 3.73. The molecule has 0 saturated heterocycles. The summed E-state index contributed by atoms with van der Waals surface area (Å²) in [6.45, 7) is 1.73. The number of hydrogen-bond donors (Lipinski definition) is 1. The molecular weight excluding hydrogens is 183 g/mol. The van der Waals surface area contributed by atoms with Crippen LogP contribution in [0.25, 0.3) is 0 Å². The number of ether oxygens (including phenoxy) is 1. The Morgan fingerprint density at radius 1 is 1.54 bits per heavy atom. The zero-order valence-corrected chi connectivity index (χ0v) is 7.06. The van der Waals surface area contributed by atoms with Crippen LogP contribution in [0.5, 0.6) is 0 Å². The standard InChI is InChI=1S/C8H10F3NO/c1-7(12)4-2-6(3-5-7)13-8(9,10)11/h2-4H,5,12H2,1H3. The summed E-state index contributed by atoms with van der Waals surface area (Å²) in [7, 11) is 0. The highest BCUT2D eigenvalue weighted by atomic mass is 19.4. The Labute approximate surface area is 73.9 Å². The molecule has 0 heterocycles. The molecule has 0 fully saturated rings. The van der Waals surface area contributed by atoms with E-state index in [0.29, 0.717) is 6.42 Å². The van der Waals surface area contributed by atoms with Gasteiger partial charge in [-0.05, 0) is 25.5 Å². The molecule has 1 rings (SSSR count). The zero-order valence-electron chi connectivity index (χ0n) is 7.06. The molecule has 13 heavy (non-hydrogen) atoms. The number of allylic oxidation sites excluding steroid dienone is 1. The highest BCUT2D eigenvalue weighted by Crippen LogP contribution is 2.25. The minimum absolute atomic E-state index is 0.199. The highest BCUT2D eigenvalue weighted by Gasteiger charge is 2.32. The number of hydrogen-bond acceptors (Lipinski definition) is 2. The van der Waals surface area contributed by atoms with Gasteiger partial charge in [0.2, 0.25) is 0 Å². The Kier molecular flexibility index (Phi) is 2.38. The van der Waals surface area contributed by atoms with Crippen molar-refractivity contribution >= 4 is 0 Å². The molecule has 0 aliphatic heterocycles. The van der Waals surface area contributed by atoms with Crippen molar-refractivity contribution in [3.8, 4) is 0 Å². The number of alkyl halides is 3. The summed E-state index contributed by atoms with van der Waals surface area (Å²) in [5, 5.41) is 0. The molecule has 0 spiro atoms. The fraction of sp³-hybridized carbons (Fsp3) is 0.500. The van der Waals surface area contributed by atoms with Crippen LogP contribution >= 0.6 is 0 Å². The first-order chi connectivity index (χ1) is 5.79. The molecule has 0 amide bonds. The monoisotopic (exact) mass is 193 g/mol. The fourth-order valence-corrected chi connectivity index (χ4v) is 0.938. The van der Waals surface area contributed by atoms with E-state index in [1.807, 2.05) is 0 Å². The van der Waals surface area contributed by atoms with Gasteiger partial charge in [0.1, 0.15) is 5.76 Å². The van der Waals surface area contributed by atoms with Crippen molar-refractivity contribution in [1.82, 2.24) is 0 Å². The normalized spacial score (nSPS) is 28.5. The Hall–Kier alpha value is -0.970. The maximum Gasteiger partial charge on any atom is 0.573 e. The summed E-state index contributed by atoms with van der Waals surface area (Å²) in [4.78, 5) is 0. The number of halogens is 3. The molecule has 1 atom stereocenters. The van der Waals surface area contributed by atoms with Crippen molar-refractivity contribution in [2.75, 3.05) is 0 Å². The summed E-state index contributed by atoms with van der Waals surface area (Å²) in [6.07, 6.45) is -0.230. The van der Waals surface area contributed by atoms with Crippen LogP contribution in [0.15, 0.2) is 24.0 Å². The largest absolute Gasteiger partial charge is 0.573 e. The van der Waals surface area contributed by atoms with Gasteiger partial charge in [0.25, 0.3) is 0 Å². The minimum atomic E-state index is -4.63. The average molecular weight is 193 g/mol. The molecule has 0 radical (unpaired) electrons. The lowest BCUT2D eigenvalue weighted by atomic mass is 9.94. The maximum atomic E-state index is 11.7. The number of nitrogens with two attached hydrogens (primary N) is 1. The summed E-state index contributed by atoms with van der Waals surface area (Å²) >= 11 is 0. The van der Waals surface area contributed by atoms with E-state index in [9.17, 15) is 13.2 Å². The molecule has 5 heteroatoms. The molecule has 0 bridgehead atoms. The van der Waals surface area contributed by atoms with Gasteiger partial charge in [0.05, 0.1) is 0 Å². The van der Waals surface area contributed by atoms with Crippen LogP contribution in [0.4, 0.5) is 13.2 Å². The van der Waals surface area contributed by atoms with Crippen LogP contribution in [0.3, 0.4) is 0 Å². The van der Waals surface area contributed by atoms with Crippen LogP contribution in [0.2, 0.25) is 0 Å². The van der Waals surface area contributed by atoms with Crippen LogP contribution in [-0.4, -0.2) is 11.9 Å². The molecular formula is C8H10F3NO. The van der Waals surface area contributed by atoms with Gasteiger partial charge >= 0.3 is 6.36 Å². The molecule has 1 aliphatic rings. The van der Waals surface area contributed by atoms with E-state index < -0.39 is 11.9 Å². The van der Waals surface area contributed by atoms with Crippen molar-refractivity contribution in [2.24, 2.45) is 5.73 Å². The highest BCUT2D eigenvalue weighted by molar-refractivity contribution is 5.24. The van der Waals surface area contributed by atoms with Gasteiger partial charge in [-0.15, -0.1) is 13.2 Å². The van der Waals surface area contributed by atoms with Crippen molar-refractivity contribution in [3.05, 3.63) is 24.0 Å². The topological polar surface area (TPSA) is 35.2 Å². The average Bonchev–Trinajstić information content (AvgIpc) is 1.91. The summed E-state index contributed by atoms with van der Waals surface area (Å²) in [5.74, 6) is -0.199. The van der Waals surface area contributed by atoms with E-state index in [-0.39, 0.29) is 5.76 Å². The first-order valence-corrected chi connectivity index (χ1v) is 3.73. The van der Waals surface area contributed by atoms with Gasteiger partial charge in [0, 0.05) is 5.54 Å². The number of rotatable bonds is 1. The van der Waals surface area contributed by atoms with Gasteiger partial charge in [0.15, 0.2) is 0 Å². The van der Waals surface area contributed by atoms with Crippen molar-refractivity contribution in [1.29, 1.82) is 0 Å². The second kappa shape index (κ2) is 3.06. The van der Waals surface area contributed by atoms with E-state index in [1.54, 1.807) is 6.92 Å². The van der Waals surface area contributed by atoms with Crippen molar-refractivity contribution < 1.29 is 17.9 Å². The van der Waals surface area contributed by atoms with E-state index in [2.05, 4.69) is 4.74 Å². The quantitative estimate of drug-likeness (QED) is 0.692. The minimum Gasteiger partial charge on any atom is -0.406 e. The van der Waals surface area contributed by atoms with E-state index in [1.165, 1.54) is 18.2 Å². The van der Waals surface area contributed by atoms with Crippen LogP contribution < -0.4 is 5.73 Å². The van der Waals surface area contributed by atoms with Crippen LogP contribution in [-0.2, 0) is 4.74 Å². The Morgan fingerprint density at radius 2 is 2.15 bits per heavy atom. The van der Waals surface area contributed by atoms with E-state index in [4.69, 9.17) is 5.73 Å². The molecule has 0 aromatic rings. The second-order valence-corrected chi connectivity index (χ2v) is 3.20. The van der Waals surface area contributed by atoms with E-state index >= 15 is 0 Å². The molecule has 2 N–H and O–H groups in total. The third kappa shape index (κ3) is 3.50. The Morgan fingerprint density at radius 3 is 2.54 bits per heavy atom. The van der Waals surface area contributed by atoms with Gasteiger partial charge in [-0.2, -0.15) is 0 Å². The van der Waals surface area contributed by atoms with Gasteiger partial charge in [-0.3, -0.25) is 0 Å². The zero-order chi connectivity index (χ0) is 10.1. The summed E-state index contributed by atoms with van der Waals surface area (Å²) in [6, 6.07) is 0. The lowest BCUT2D eigenvalue weighted by molar-refractivity contribution is -0.303. The molecule has 74 valence electrons.